The van der Waals surface area contributed by atoms with E-state index >= 15 is 4.39 Å². The molecule has 44 heavy (non-hydrogen) atoms. The van der Waals surface area contributed by atoms with Crippen molar-refractivity contribution in [1.82, 2.24) is 19.8 Å². The van der Waals surface area contributed by atoms with Crippen molar-refractivity contribution >= 4 is 23.8 Å². The normalized spacial score (nSPS) is 24.2. The van der Waals surface area contributed by atoms with Gasteiger partial charge in [-0.1, -0.05) is 17.7 Å². The first-order valence-corrected chi connectivity index (χ1v) is 15.9. The first-order chi connectivity index (χ1) is 21.3. The van der Waals surface area contributed by atoms with Crippen LogP contribution in [-0.2, 0) is 4.79 Å². The summed E-state index contributed by atoms with van der Waals surface area (Å²) in [4.78, 5) is 27.1. The molecule has 0 spiro atoms. The molecule has 2 bridgehead atoms. The number of piperazine rings is 1. The zero-order valence-corrected chi connectivity index (χ0v) is 25.6. The highest BCUT2D eigenvalue weighted by Gasteiger charge is 2.43. The lowest BCUT2D eigenvalue weighted by atomic mass is 9.87. The molecule has 5 heterocycles. The van der Waals surface area contributed by atoms with Crippen LogP contribution in [0.15, 0.2) is 30.6 Å². The van der Waals surface area contributed by atoms with Crippen molar-refractivity contribution in [3.63, 3.8) is 0 Å². The monoisotopic (exact) mass is 635 g/mol. The second-order valence-electron chi connectivity index (χ2n) is 12.2. The Balaban J connectivity index is 1.08. The van der Waals surface area contributed by atoms with Crippen LogP contribution in [-0.4, -0.2) is 123 Å². The Kier molecular flexibility index (Phi) is 11.4. The predicted octanol–water partition coefficient (Wildman–Crippen LogP) is 1.81. The van der Waals surface area contributed by atoms with Gasteiger partial charge >= 0.3 is 0 Å². The molecule has 6 atom stereocenters. The lowest BCUT2D eigenvalue weighted by molar-refractivity contribution is -0.123. The van der Waals surface area contributed by atoms with Crippen molar-refractivity contribution in [3.05, 3.63) is 47.0 Å². The van der Waals surface area contributed by atoms with E-state index < -0.39 is 36.8 Å². The van der Waals surface area contributed by atoms with E-state index in [2.05, 4.69) is 14.9 Å². The molecule has 3 unspecified atom stereocenters. The van der Waals surface area contributed by atoms with Gasteiger partial charge in [-0.05, 0) is 50.5 Å². The molecular weight excluding hydrogens is 593 g/mol. The van der Waals surface area contributed by atoms with E-state index in [1.54, 1.807) is 24.5 Å². The van der Waals surface area contributed by atoms with Crippen molar-refractivity contribution in [1.29, 1.82) is 0 Å². The summed E-state index contributed by atoms with van der Waals surface area (Å²) in [5.41, 5.74) is 0.310. The van der Waals surface area contributed by atoms with E-state index in [4.69, 9.17) is 21.4 Å². The maximum atomic E-state index is 15.3. The van der Waals surface area contributed by atoms with E-state index in [1.165, 1.54) is 6.07 Å². The topological polar surface area (TPSA) is 143 Å². The van der Waals surface area contributed by atoms with Gasteiger partial charge in [0.1, 0.15) is 30.1 Å². The summed E-state index contributed by atoms with van der Waals surface area (Å²) in [5, 5.41) is 39.6. The summed E-state index contributed by atoms with van der Waals surface area (Å²) in [7, 11) is 0. The number of piperidine rings is 3. The lowest BCUT2D eigenvalue weighted by Gasteiger charge is -2.53. The standard InChI is InChI=1S/C31H43ClFN5O6/c32-21-13-34-31(35-14-21)36-9-7-20(8-10-36)2-1-11-44-24-5-6-25(26(33)12-24)27(18-39)38-16-22-3-4-23(38)15-37(22)17-28(41)30(43)29(42)19-40/h5-6,12-14,18,20,22-23,27-30,40-43H,1-4,7-11,15-17,19H2/t22?,23?,27?,28-,29+,30-/m0/s1. The molecule has 11 nitrogen and oxygen atoms in total. The SMILES string of the molecule is O=CC(c1ccc(OCCCC2CCN(c3ncc(Cl)cn3)CC2)cc1F)N1CC2CCC1CN2C[C@H](O)[C@H](O)[C@H](O)CO. The van der Waals surface area contributed by atoms with E-state index in [1.807, 2.05) is 9.80 Å². The fourth-order valence-electron chi connectivity index (χ4n) is 6.85. The number of ether oxygens (including phenoxy) is 1. The highest BCUT2D eigenvalue weighted by molar-refractivity contribution is 6.30. The minimum Gasteiger partial charge on any atom is -0.493 e. The van der Waals surface area contributed by atoms with Gasteiger partial charge in [0.15, 0.2) is 0 Å². The number of hydrogen-bond donors (Lipinski definition) is 4. The highest BCUT2D eigenvalue weighted by atomic mass is 35.5. The minimum atomic E-state index is -1.45. The highest BCUT2D eigenvalue weighted by Crippen LogP contribution is 2.36. The number of rotatable bonds is 14. The van der Waals surface area contributed by atoms with E-state index in [9.17, 15) is 20.1 Å². The minimum absolute atomic E-state index is 0.0132. The Morgan fingerprint density at radius 2 is 1.77 bits per heavy atom. The second kappa shape index (κ2) is 15.2. The molecule has 13 heteroatoms. The number of aliphatic hydroxyl groups is 4. The summed E-state index contributed by atoms with van der Waals surface area (Å²) >= 11 is 5.89. The van der Waals surface area contributed by atoms with Crippen LogP contribution >= 0.6 is 11.6 Å². The van der Waals surface area contributed by atoms with Crippen molar-refractivity contribution < 1.29 is 34.3 Å². The fourth-order valence-corrected chi connectivity index (χ4v) is 6.94. The molecule has 1 aromatic heterocycles. The van der Waals surface area contributed by atoms with Gasteiger partial charge < -0.3 is 34.9 Å². The third kappa shape index (κ3) is 7.85. The molecule has 0 amide bonds. The van der Waals surface area contributed by atoms with Gasteiger partial charge in [-0.2, -0.15) is 0 Å². The third-order valence-corrected chi connectivity index (χ3v) is 9.58. The van der Waals surface area contributed by atoms with Crippen LogP contribution in [0.3, 0.4) is 0 Å². The van der Waals surface area contributed by atoms with Crippen LogP contribution in [0.25, 0.3) is 0 Å². The van der Waals surface area contributed by atoms with Crippen LogP contribution < -0.4 is 9.64 Å². The second-order valence-corrected chi connectivity index (χ2v) is 12.7. The zero-order valence-electron chi connectivity index (χ0n) is 24.8. The molecule has 1 aromatic carbocycles. The molecule has 0 aliphatic carbocycles. The summed E-state index contributed by atoms with van der Waals surface area (Å²) in [6.07, 6.45) is 5.59. The Morgan fingerprint density at radius 3 is 2.41 bits per heavy atom. The van der Waals surface area contributed by atoms with Crippen LogP contribution in [0, 0.1) is 11.7 Å². The van der Waals surface area contributed by atoms with E-state index in [0.717, 1.165) is 57.9 Å². The Morgan fingerprint density at radius 1 is 1.05 bits per heavy atom. The van der Waals surface area contributed by atoms with Gasteiger partial charge in [-0.25, -0.2) is 14.4 Å². The van der Waals surface area contributed by atoms with E-state index in [0.29, 0.717) is 47.9 Å². The molecular formula is C31H43ClFN5O6. The average molecular weight is 636 g/mol. The van der Waals surface area contributed by atoms with Crippen molar-refractivity contribution in [2.75, 3.05) is 50.8 Å². The van der Waals surface area contributed by atoms with Gasteiger partial charge in [0.05, 0.1) is 42.8 Å². The number of hydrogen-bond acceptors (Lipinski definition) is 11. The number of nitrogens with zero attached hydrogens (tertiary/aromatic N) is 5. The fraction of sp³-hybridized carbons (Fsp3) is 0.645. The number of benzene rings is 1. The molecule has 4 aliphatic rings. The number of fused-ring (bicyclic) bond motifs is 3. The van der Waals surface area contributed by atoms with Crippen molar-refractivity contribution in [2.24, 2.45) is 5.92 Å². The first-order valence-electron chi connectivity index (χ1n) is 15.5. The maximum absolute atomic E-state index is 15.3. The van der Waals surface area contributed by atoms with Crippen molar-refractivity contribution in [2.45, 2.75) is 75.0 Å². The van der Waals surface area contributed by atoms with Gasteiger partial charge in [0.2, 0.25) is 5.95 Å². The number of anilines is 1. The number of aromatic nitrogens is 2. The van der Waals surface area contributed by atoms with Crippen LogP contribution in [0.4, 0.5) is 10.3 Å². The predicted molar refractivity (Wildman–Crippen MR) is 162 cm³/mol. The number of carbonyl (C=O) groups is 1. The van der Waals surface area contributed by atoms with E-state index in [-0.39, 0.29) is 18.6 Å². The smallest absolute Gasteiger partial charge is 0.225 e. The molecule has 242 valence electrons. The average Bonchev–Trinajstić information content (AvgIpc) is 3.04. The van der Waals surface area contributed by atoms with Gasteiger partial charge in [0.25, 0.3) is 0 Å². The zero-order chi connectivity index (χ0) is 31.2. The van der Waals surface area contributed by atoms with Gasteiger partial charge in [0, 0.05) is 56.4 Å². The molecule has 4 N–H and O–H groups in total. The lowest BCUT2D eigenvalue weighted by Crippen LogP contribution is -2.65. The Hall–Kier alpha value is -2.45. The molecule has 2 aromatic rings. The van der Waals surface area contributed by atoms with Crippen LogP contribution in [0.2, 0.25) is 5.02 Å². The third-order valence-electron chi connectivity index (χ3n) is 9.39. The molecule has 0 saturated carbocycles. The first kappa shape index (κ1) is 32.9. The Labute approximate surface area is 262 Å². The maximum Gasteiger partial charge on any atom is 0.225 e. The largest absolute Gasteiger partial charge is 0.493 e. The molecule has 4 fully saturated rings. The quantitative estimate of drug-likeness (QED) is 0.178. The molecule has 6 rings (SSSR count). The van der Waals surface area contributed by atoms with Crippen LogP contribution in [0.5, 0.6) is 5.75 Å². The molecule has 0 radical (unpaired) electrons. The number of aliphatic hydroxyl groups excluding tert-OH is 4. The molecule has 4 saturated heterocycles. The van der Waals surface area contributed by atoms with Crippen molar-refractivity contribution in [3.8, 4) is 5.75 Å². The summed E-state index contributed by atoms with van der Waals surface area (Å²) in [5.74, 6) is 1.26. The van der Waals surface area contributed by atoms with Gasteiger partial charge in [-0.15, -0.1) is 0 Å². The number of aldehydes is 1. The number of carbonyl (C=O) groups excluding carboxylic acids is 1. The molecule has 4 aliphatic heterocycles. The van der Waals surface area contributed by atoms with Gasteiger partial charge in [-0.3, -0.25) is 9.80 Å². The summed E-state index contributed by atoms with van der Waals surface area (Å²) < 4.78 is 21.2. The number of halogens is 2. The summed E-state index contributed by atoms with van der Waals surface area (Å²) in [6.45, 7) is 2.84. The summed E-state index contributed by atoms with van der Waals surface area (Å²) in [6, 6.07) is 3.96. The van der Waals surface area contributed by atoms with Crippen LogP contribution in [0.1, 0.15) is 50.1 Å². The Bertz CT molecular complexity index is 1220.